The topological polar surface area (TPSA) is 71.0 Å². The molecule has 3 rings (SSSR count). The number of pyridine rings is 1. The van der Waals surface area contributed by atoms with Crippen molar-refractivity contribution in [1.82, 2.24) is 15.6 Å². The second kappa shape index (κ2) is 10.9. The van der Waals surface area contributed by atoms with Crippen molar-refractivity contribution in [2.45, 2.75) is 19.0 Å². The molecule has 29 heavy (non-hydrogen) atoms. The normalized spacial score (nSPS) is 16.7. The highest BCUT2D eigenvalue weighted by Crippen LogP contribution is 2.23. The molecule has 156 valence electrons. The second-order valence-electron chi connectivity index (χ2n) is 6.83. The number of rotatable bonds is 8. The van der Waals surface area contributed by atoms with Gasteiger partial charge in [0, 0.05) is 62.8 Å². The van der Waals surface area contributed by atoms with Crippen molar-refractivity contribution in [3.05, 3.63) is 53.2 Å². The lowest BCUT2D eigenvalue weighted by Crippen LogP contribution is -2.44. The minimum absolute atomic E-state index is 0.329. The third-order valence-corrected chi connectivity index (χ3v) is 4.96. The molecule has 2 heterocycles. The molecule has 1 unspecified atom stereocenters. The fourth-order valence-electron chi connectivity index (χ4n) is 3.19. The summed E-state index contributed by atoms with van der Waals surface area (Å²) in [6, 6.07) is 12.2. The molecule has 1 fully saturated rings. The van der Waals surface area contributed by atoms with Gasteiger partial charge < -0.3 is 25.0 Å². The van der Waals surface area contributed by atoms with Gasteiger partial charge in [-0.3, -0.25) is 4.99 Å². The summed E-state index contributed by atoms with van der Waals surface area (Å²) >= 11 is 6.12. The van der Waals surface area contributed by atoms with Gasteiger partial charge in [0.15, 0.2) is 5.96 Å². The summed E-state index contributed by atoms with van der Waals surface area (Å²) in [5.74, 6) is 1.38. The average molecular weight is 418 g/mol. The number of nitrogens with zero attached hydrogens (tertiary/aromatic N) is 3. The van der Waals surface area contributed by atoms with E-state index in [9.17, 15) is 0 Å². The van der Waals surface area contributed by atoms with Gasteiger partial charge in [-0.1, -0.05) is 23.7 Å². The zero-order valence-electron chi connectivity index (χ0n) is 16.9. The van der Waals surface area contributed by atoms with E-state index in [4.69, 9.17) is 21.1 Å². The summed E-state index contributed by atoms with van der Waals surface area (Å²) in [4.78, 5) is 11.0. The zero-order valence-corrected chi connectivity index (χ0v) is 17.7. The fraction of sp³-hybridized carbons (Fsp3) is 0.429. The molecule has 0 aliphatic carbocycles. The minimum atomic E-state index is 0.329. The van der Waals surface area contributed by atoms with Gasteiger partial charge in [0.25, 0.3) is 0 Å². The van der Waals surface area contributed by atoms with Gasteiger partial charge in [0.05, 0.1) is 6.61 Å². The quantitative estimate of drug-likeness (QED) is 0.391. The van der Waals surface area contributed by atoms with Crippen LogP contribution >= 0.6 is 11.6 Å². The standard InChI is InChI=1S/C21H28ClN5O2/c1-23-21(25-14-16-6-7-20(24-13-16)29-11-10-28-2)26-18-8-9-27(15-18)19-5-3-4-17(22)12-19/h3-7,12-13,18H,8-11,14-15H2,1-2H3,(H2,23,25,26). The molecule has 0 spiro atoms. The number of benzene rings is 1. The Labute approximate surface area is 177 Å². The van der Waals surface area contributed by atoms with Crippen molar-refractivity contribution in [2.75, 3.05) is 45.4 Å². The Bertz CT molecular complexity index is 800. The van der Waals surface area contributed by atoms with Gasteiger partial charge in [0.2, 0.25) is 5.88 Å². The summed E-state index contributed by atoms with van der Waals surface area (Å²) in [7, 11) is 3.43. The molecule has 1 atom stereocenters. The molecule has 8 heteroatoms. The highest BCUT2D eigenvalue weighted by Gasteiger charge is 2.23. The molecule has 0 amide bonds. The van der Waals surface area contributed by atoms with Crippen molar-refractivity contribution >= 4 is 23.2 Å². The Morgan fingerprint density at radius 3 is 2.93 bits per heavy atom. The number of nitrogens with one attached hydrogen (secondary N) is 2. The van der Waals surface area contributed by atoms with Gasteiger partial charge in [0.1, 0.15) is 6.61 Å². The number of aliphatic imine (C=N–C) groups is 1. The number of anilines is 1. The number of hydrogen-bond donors (Lipinski definition) is 2. The van der Waals surface area contributed by atoms with Crippen LogP contribution in [-0.4, -0.2) is 57.4 Å². The van der Waals surface area contributed by atoms with Crippen molar-refractivity contribution < 1.29 is 9.47 Å². The van der Waals surface area contributed by atoms with E-state index >= 15 is 0 Å². The Balaban J connectivity index is 1.45. The summed E-state index contributed by atoms with van der Waals surface area (Å²) in [5, 5.41) is 7.61. The number of guanidine groups is 1. The molecule has 0 saturated carbocycles. The monoisotopic (exact) mass is 417 g/mol. The molecule has 1 aromatic carbocycles. The molecule has 7 nitrogen and oxygen atoms in total. The van der Waals surface area contributed by atoms with Crippen molar-refractivity contribution in [3.63, 3.8) is 0 Å². The first kappa shape index (κ1) is 21.2. The first-order valence-electron chi connectivity index (χ1n) is 9.72. The Morgan fingerprint density at radius 2 is 2.21 bits per heavy atom. The summed E-state index contributed by atoms with van der Waals surface area (Å²) < 4.78 is 10.4. The third kappa shape index (κ3) is 6.51. The van der Waals surface area contributed by atoms with Crippen molar-refractivity contribution in [1.29, 1.82) is 0 Å². The molecule has 1 aliphatic heterocycles. The summed E-state index contributed by atoms with van der Waals surface area (Å²) in [6.07, 6.45) is 2.85. The third-order valence-electron chi connectivity index (χ3n) is 4.72. The molecule has 1 aliphatic rings. The van der Waals surface area contributed by atoms with Gasteiger partial charge in [-0.05, 0) is 30.2 Å². The van der Waals surface area contributed by atoms with Gasteiger partial charge >= 0.3 is 0 Å². The Morgan fingerprint density at radius 1 is 1.31 bits per heavy atom. The number of ether oxygens (including phenoxy) is 2. The smallest absolute Gasteiger partial charge is 0.213 e. The Kier molecular flexibility index (Phi) is 7.95. The number of halogens is 1. The van der Waals surface area contributed by atoms with E-state index in [-0.39, 0.29) is 0 Å². The van der Waals surface area contributed by atoms with Crippen LogP contribution in [0.2, 0.25) is 5.02 Å². The predicted octanol–water partition coefficient (Wildman–Crippen LogP) is 2.70. The van der Waals surface area contributed by atoms with E-state index in [1.807, 2.05) is 30.3 Å². The molecule has 0 bridgehead atoms. The van der Waals surface area contributed by atoms with E-state index in [1.54, 1.807) is 20.4 Å². The van der Waals surface area contributed by atoms with Crippen LogP contribution in [0, 0.1) is 0 Å². The second-order valence-corrected chi connectivity index (χ2v) is 7.26. The summed E-state index contributed by atoms with van der Waals surface area (Å²) in [6.45, 7) is 3.57. The number of hydrogen-bond acceptors (Lipinski definition) is 5. The first-order chi connectivity index (χ1) is 14.2. The Hall–Kier alpha value is -2.51. The highest BCUT2D eigenvalue weighted by atomic mass is 35.5. The average Bonchev–Trinajstić information content (AvgIpc) is 3.21. The van der Waals surface area contributed by atoms with Crippen LogP contribution in [0.4, 0.5) is 5.69 Å². The van der Waals surface area contributed by atoms with Crippen LogP contribution < -0.4 is 20.3 Å². The van der Waals surface area contributed by atoms with Crippen LogP contribution in [0.1, 0.15) is 12.0 Å². The maximum Gasteiger partial charge on any atom is 0.213 e. The van der Waals surface area contributed by atoms with Gasteiger partial charge in [-0.2, -0.15) is 0 Å². The zero-order chi connectivity index (χ0) is 20.5. The van der Waals surface area contributed by atoms with Crippen LogP contribution in [-0.2, 0) is 11.3 Å². The SMILES string of the molecule is CN=C(NCc1ccc(OCCOC)nc1)NC1CCN(c2cccc(Cl)c2)C1. The van der Waals surface area contributed by atoms with Gasteiger partial charge in [-0.15, -0.1) is 0 Å². The maximum absolute atomic E-state index is 6.12. The van der Waals surface area contributed by atoms with E-state index in [0.29, 0.717) is 31.7 Å². The molecule has 2 aromatic rings. The van der Waals surface area contributed by atoms with E-state index < -0.39 is 0 Å². The van der Waals surface area contributed by atoms with Crippen LogP contribution in [0.3, 0.4) is 0 Å². The van der Waals surface area contributed by atoms with E-state index in [1.165, 1.54) is 0 Å². The summed E-state index contributed by atoms with van der Waals surface area (Å²) in [5.41, 5.74) is 2.21. The molecule has 0 radical (unpaired) electrons. The van der Waals surface area contributed by atoms with Crippen LogP contribution in [0.25, 0.3) is 0 Å². The van der Waals surface area contributed by atoms with Crippen molar-refractivity contribution in [3.8, 4) is 5.88 Å². The van der Waals surface area contributed by atoms with Crippen LogP contribution in [0.5, 0.6) is 5.88 Å². The van der Waals surface area contributed by atoms with Crippen LogP contribution in [0.15, 0.2) is 47.6 Å². The van der Waals surface area contributed by atoms with E-state index in [2.05, 4.69) is 31.6 Å². The predicted molar refractivity (Wildman–Crippen MR) is 117 cm³/mol. The highest BCUT2D eigenvalue weighted by molar-refractivity contribution is 6.30. The number of aromatic nitrogens is 1. The molecular formula is C21H28ClN5O2. The number of methoxy groups -OCH3 is 1. The van der Waals surface area contributed by atoms with Gasteiger partial charge in [-0.25, -0.2) is 4.98 Å². The molecular weight excluding hydrogens is 390 g/mol. The largest absolute Gasteiger partial charge is 0.475 e. The van der Waals surface area contributed by atoms with E-state index in [0.717, 1.165) is 41.7 Å². The lowest BCUT2D eigenvalue weighted by Gasteiger charge is -2.20. The van der Waals surface area contributed by atoms with Crippen molar-refractivity contribution in [2.24, 2.45) is 4.99 Å². The molecule has 1 saturated heterocycles. The lowest BCUT2D eigenvalue weighted by molar-refractivity contribution is 0.143. The fourth-order valence-corrected chi connectivity index (χ4v) is 3.37. The first-order valence-corrected chi connectivity index (χ1v) is 10.1. The lowest BCUT2D eigenvalue weighted by atomic mass is 10.2. The molecule has 1 aromatic heterocycles. The molecule has 2 N–H and O–H groups in total. The minimum Gasteiger partial charge on any atom is -0.475 e. The maximum atomic E-state index is 6.12.